The molecule has 0 radical (unpaired) electrons. The second kappa shape index (κ2) is 9.72. The number of thiazole rings is 1. The number of carbonyl (C=O) groups is 2. The van der Waals surface area contributed by atoms with Crippen molar-refractivity contribution in [2.24, 2.45) is 0 Å². The van der Waals surface area contributed by atoms with Crippen molar-refractivity contribution in [3.63, 3.8) is 0 Å². The van der Waals surface area contributed by atoms with Gasteiger partial charge in [0.15, 0.2) is 10.7 Å². The normalized spacial score (nSPS) is 22.0. The predicted octanol–water partition coefficient (Wildman–Crippen LogP) is 2.49. The quantitative estimate of drug-likeness (QED) is 0.699. The lowest BCUT2D eigenvalue weighted by Crippen LogP contribution is -2.61. The van der Waals surface area contributed by atoms with E-state index in [1.165, 1.54) is 16.9 Å². The van der Waals surface area contributed by atoms with Gasteiger partial charge < -0.3 is 15.0 Å². The van der Waals surface area contributed by atoms with E-state index < -0.39 is 5.60 Å². The Balaban J connectivity index is 1.39. The number of hydrogen-bond donors (Lipinski definition) is 1. The third kappa shape index (κ3) is 5.39. The summed E-state index contributed by atoms with van der Waals surface area (Å²) in [5.74, 6) is -0.113. The van der Waals surface area contributed by atoms with Crippen LogP contribution in [-0.2, 0) is 20.7 Å². The van der Waals surface area contributed by atoms with Gasteiger partial charge in [0, 0.05) is 43.7 Å². The maximum absolute atomic E-state index is 13.5. The number of nitrogens with zero attached hydrogens (tertiary/aromatic N) is 3. The van der Waals surface area contributed by atoms with Gasteiger partial charge in [0.25, 0.3) is 5.91 Å². The zero-order valence-electron chi connectivity index (χ0n) is 17.8. The summed E-state index contributed by atoms with van der Waals surface area (Å²) in [7, 11) is 0. The first kappa shape index (κ1) is 21.7. The van der Waals surface area contributed by atoms with Gasteiger partial charge in [0.2, 0.25) is 5.91 Å². The Labute approximate surface area is 186 Å². The smallest absolute Gasteiger partial charge is 0.256 e. The molecule has 1 spiro atoms. The first-order valence-corrected chi connectivity index (χ1v) is 11.4. The van der Waals surface area contributed by atoms with Crippen LogP contribution < -0.4 is 5.32 Å². The van der Waals surface area contributed by atoms with Gasteiger partial charge in [-0.3, -0.25) is 14.5 Å². The number of nitrogens with one attached hydrogen (secondary N) is 1. The molecule has 1 aromatic heterocycles. The molecular formula is C23H28N4O3S. The molecule has 2 amide bonds. The fraction of sp³-hybridized carbons (Fsp3) is 0.435. The summed E-state index contributed by atoms with van der Waals surface area (Å²) in [6.45, 7) is 4.84. The minimum atomic E-state index is -0.931. The molecule has 0 saturated carbocycles. The molecule has 31 heavy (non-hydrogen) atoms. The Morgan fingerprint density at radius 2 is 2.13 bits per heavy atom. The fourth-order valence-electron chi connectivity index (χ4n) is 4.05. The van der Waals surface area contributed by atoms with E-state index in [0.717, 1.165) is 11.3 Å². The lowest BCUT2D eigenvalue weighted by atomic mass is 9.95. The van der Waals surface area contributed by atoms with Crippen LogP contribution in [0.5, 0.6) is 0 Å². The molecule has 4 rings (SSSR count). The zero-order chi connectivity index (χ0) is 21.7. The van der Waals surface area contributed by atoms with Crippen LogP contribution in [0.4, 0.5) is 5.13 Å². The van der Waals surface area contributed by atoms with Crippen LogP contribution in [0.2, 0.25) is 0 Å². The monoisotopic (exact) mass is 440 g/mol. The number of aryl methyl sites for hydroxylation is 1. The van der Waals surface area contributed by atoms with Crippen LogP contribution in [0.1, 0.15) is 16.9 Å². The van der Waals surface area contributed by atoms with Crippen molar-refractivity contribution in [1.29, 1.82) is 0 Å². The molecule has 1 N–H and O–H groups in total. The molecule has 2 aliphatic heterocycles. The maximum Gasteiger partial charge on any atom is 0.256 e. The Kier molecular flexibility index (Phi) is 6.80. The zero-order valence-corrected chi connectivity index (χ0v) is 18.6. The number of anilines is 1. The van der Waals surface area contributed by atoms with Gasteiger partial charge in [0.1, 0.15) is 0 Å². The highest BCUT2D eigenvalue weighted by Crippen LogP contribution is 2.28. The standard InChI is InChI=1S/C23H28N4O3S/c1-18-15-24-22(31-18)25-20(28)16-26-13-14-30-23(17-26)10-5-6-11-27(21(23)29)12-9-19-7-3-2-4-8-19/h2-8,15H,9-14,16-17H2,1H3,(H,24,25,28). The van der Waals surface area contributed by atoms with Gasteiger partial charge >= 0.3 is 0 Å². The molecule has 1 saturated heterocycles. The summed E-state index contributed by atoms with van der Waals surface area (Å²) < 4.78 is 6.09. The summed E-state index contributed by atoms with van der Waals surface area (Å²) in [5, 5.41) is 3.45. The molecular weight excluding hydrogens is 412 g/mol. The summed E-state index contributed by atoms with van der Waals surface area (Å²) in [6, 6.07) is 10.2. The second-order valence-corrected chi connectivity index (χ2v) is 9.27. The highest BCUT2D eigenvalue weighted by Gasteiger charge is 2.46. The number of amides is 2. The van der Waals surface area contributed by atoms with Gasteiger partial charge in [-0.05, 0) is 18.9 Å². The SMILES string of the molecule is Cc1cnc(NC(=O)CN2CCOC3(CC=CCN(CCc4ccccc4)C3=O)C2)s1. The van der Waals surface area contributed by atoms with Crippen molar-refractivity contribution >= 4 is 28.3 Å². The van der Waals surface area contributed by atoms with Crippen LogP contribution in [0, 0.1) is 6.92 Å². The first-order valence-electron chi connectivity index (χ1n) is 10.6. The van der Waals surface area contributed by atoms with Gasteiger partial charge in [-0.15, -0.1) is 11.3 Å². The molecule has 1 atom stereocenters. The number of benzene rings is 1. The van der Waals surface area contributed by atoms with Crippen molar-refractivity contribution in [3.8, 4) is 0 Å². The first-order chi connectivity index (χ1) is 15.0. The molecule has 1 fully saturated rings. The minimum Gasteiger partial charge on any atom is -0.362 e. The Morgan fingerprint density at radius 3 is 2.90 bits per heavy atom. The maximum atomic E-state index is 13.5. The summed E-state index contributed by atoms with van der Waals surface area (Å²) in [6.07, 6.45) is 7.14. The van der Waals surface area contributed by atoms with E-state index in [4.69, 9.17) is 4.74 Å². The molecule has 7 nitrogen and oxygen atoms in total. The Hall–Kier alpha value is -2.55. The van der Waals surface area contributed by atoms with Crippen LogP contribution in [0.3, 0.4) is 0 Å². The van der Waals surface area contributed by atoms with Crippen LogP contribution in [-0.4, -0.2) is 71.5 Å². The molecule has 2 aromatic rings. The molecule has 2 aliphatic rings. The van der Waals surface area contributed by atoms with Crippen molar-refractivity contribution in [2.45, 2.75) is 25.4 Å². The van der Waals surface area contributed by atoms with E-state index >= 15 is 0 Å². The minimum absolute atomic E-state index is 0.00841. The van der Waals surface area contributed by atoms with Gasteiger partial charge in [-0.25, -0.2) is 4.98 Å². The van der Waals surface area contributed by atoms with Crippen molar-refractivity contribution in [1.82, 2.24) is 14.8 Å². The van der Waals surface area contributed by atoms with Crippen LogP contribution in [0.25, 0.3) is 0 Å². The number of ether oxygens (including phenoxy) is 1. The topological polar surface area (TPSA) is 74.8 Å². The number of carbonyl (C=O) groups excluding carboxylic acids is 2. The number of aromatic nitrogens is 1. The third-order valence-corrected chi connectivity index (χ3v) is 6.46. The number of rotatable bonds is 6. The number of hydrogen-bond acceptors (Lipinski definition) is 6. The van der Waals surface area contributed by atoms with E-state index in [2.05, 4.69) is 22.4 Å². The molecule has 164 valence electrons. The second-order valence-electron chi connectivity index (χ2n) is 8.04. The van der Waals surface area contributed by atoms with E-state index in [1.807, 2.05) is 47.1 Å². The van der Waals surface area contributed by atoms with E-state index in [1.54, 1.807) is 6.20 Å². The highest BCUT2D eigenvalue weighted by molar-refractivity contribution is 7.15. The molecule has 1 unspecified atom stereocenters. The van der Waals surface area contributed by atoms with Crippen molar-refractivity contribution in [2.75, 3.05) is 44.6 Å². The molecule has 0 bridgehead atoms. The lowest BCUT2D eigenvalue weighted by molar-refractivity contribution is -0.170. The van der Waals surface area contributed by atoms with Crippen molar-refractivity contribution < 1.29 is 14.3 Å². The van der Waals surface area contributed by atoms with Crippen LogP contribution in [0.15, 0.2) is 48.7 Å². The van der Waals surface area contributed by atoms with Gasteiger partial charge in [0.05, 0.1) is 13.2 Å². The largest absolute Gasteiger partial charge is 0.362 e. The molecule has 8 heteroatoms. The molecule has 3 heterocycles. The third-order valence-electron chi connectivity index (χ3n) is 5.63. The predicted molar refractivity (Wildman–Crippen MR) is 121 cm³/mol. The Morgan fingerprint density at radius 1 is 1.29 bits per heavy atom. The van der Waals surface area contributed by atoms with Crippen molar-refractivity contribution in [3.05, 3.63) is 59.1 Å². The fourth-order valence-corrected chi connectivity index (χ4v) is 4.73. The lowest BCUT2D eigenvalue weighted by Gasteiger charge is -2.42. The summed E-state index contributed by atoms with van der Waals surface area (Å²) in [4.78, 5) is 35.1. The van der Waals surface area contributed by atoms with Gasteiger partial charge in [-0.2, -0.15) is 0 Å². The highest BCUT2D eigenvalue weighted by atomic mass is 32.1. The summed E-state index contributed by atoms with van der Waals surface area (Å²) in [5.41, 5.74) is 0.276. The summed E-state index contributed by atoms with van der Waals surface area (Å²) >= 11 is 1.45. The van der Waals surface area contributed by atoms with E-state index in [9.17, 15) is 9.59 Å². The van der Waals surface area contributed by atoms with Crippen LogP contribution >= 0.6 is 11.3 Å². The number of morpholine rings is 1. The average molecular weight is 441 g/mol. The van der Waals surface area contributed by atoms with E-state index in [-0.39, 0.29) is 18.4 Å². The molecule has 0 aliphatic carbocycles. The van der Waals surface area contributed by atoms with E-state index in [0.29, 0.717) is 44.3 Å². The Bertz CT molecular complexity index is 945. The average Bonchev–Trinajstić information content (AvgIpc) is 3.11. The molecule has 1 aromatic carbocycles. The van der Waals surface area contributed by atoms with Gasteiger partial charge in [-0.1, -0.05) is 42.5 Å².